The highest BCUT2D eigenvalue weighted by Crippen LogP contribution is 2.36. The maximum Gasteiger partial charge on any atom is 0.293 e. The van der Waals surface area contributed by atoms with Crippen LogP contribution in [0.25, 0.3) is 16.8 Å². The van der Waals surface area contributed by atoms with E-state index in [1.807, 2.05) is 60.7 Å². The summed E-state index contributed by atoms with van der Waals surface area (Å²) in [5, 5.41) is 1.84. The molecule has 4 rings (SSSR count). The van der Waals surface area contributed by atoms with Gasteiger partial charge in [-0.05, 0) is 52.4 Å². The van der Waals surface area contributed by atoms with E-state index in [0.717, 1.165) is 38.1 Å². The molecule has 0 bridgehead atoms. The second-order valence-electron chi connectivity index (χ2n) is 6.69. The molecule has 0 unspecified atom stereocenters. The number of ether oxygens (including phenoxy) is 1. The van der Waals surface area contributed by atoms with Gasteiger partial charge >= 0.3 is 0 Å². The lowest BCUT2D eigenvalue weighted by atomic mass is 10.0. The fourth-order valence-electron chi connectivity index (χ4n) is 3.29. The zero-order valence-electron chi connectivity index (χ0n) is 16.0. The molecule has 0 spiro atoms. The van der Waals surface area contributed by atoms with Crippen LogP contribution in [0.15, 0.2) is 82.7 Å². The second-order valence-corrected chi connectivity index (χ2v) is 8.60. The number of imide groups is 1. The van der Waals surface area contributed by atoms with Crippen molar-refractivity contribution in [1.82, 2.24) is 4.90 Å². The summed E-state index contributed by atoms with van der Waals surface area (Å²) >= 11 is 4.39. The number of hydrogen-bond acceptors (Lipinski definition) is 4. The molecule has 0 atom stereocenters. The molecule has 1 fully saturated rings. The summed E-state index contributed by atoms with van der Waals surface area (Å²) in [5.41, 5.74) is 1.66. The van der Waals surface area contributed by atoms with E-state index in [-0.39, 0.29) is 17.7 Å². The average molecular weight is 480 g/mol. The Balaban J connectivity index is 1.63. The fraction of sp³-hybridized carbons (Fsp3) is 0.0833. The SMILES string of the molecule is C=CCOc1ccc(Br)cc1/C=C1/SC(=O)N(Cc2cccc3ccccc23)C1=O. The van der Waals surface area contributed by atoms with Gasteiger partial charge in [0.1, 0.15) is 12.4 Å². The van der Waals surface area contributed by atoms with E-state index in [2.05, 4.69) is 22.5 Å². The maximum absolute atomic E-state index is 13.0. The van der Waals surface area contributed by atoms with Crippen molar-refractivity contribution in [3.05, 3.63) is 93.8 Å². The summed E-state index contributed by atoms with van der Waals surface area (Å²) in [6.07, 6.45) is 3.36. The van der Waals surface area contributed by atoms with Crippen LogP contribution in [-0.4, -0.2) is 22.7 Å². The highest BCUT2D eigenvalue weighted by atomic mass is 79.9. The molecule has 0 aromatic heterocycles. The van der Waals surface area contributed by atoms with Gasteiger partial charge in [0.2, 0.25) is 0 Å². The zero-order chi connectivity index (χ0) is 21.1. The minimum absolute atomic E-state index is 0.238. The zero-order valence-corrected chi connectivity index (χ0v) is 18.4. The van der Waals surface area contributed by atoms with E-state index in [1.54, 1.807) is 12.2 Å². The van der Waals surface area contributed by atoms with Crippen LogP contribution in [0.5, 0.6) is 5.75 Å². The molecular formula is C24H18BrNO3S. The molecule has 0 radical (unpaired) electrons. The first-order valence-corrected chi connectivity index (χ1v) is 10.9. The lowest BCUT2D eigenvalue weighted by Crippen LogP contribution is -2.27. The van der Waals surface area contributed by atoms with Crippen LogP contribution < -0.4 is 4.74 Å². The Hall–Kier alpha value is -2.83. The van der Waals surface area contributed by atoms with Crippen molar-refractivity contribution in [2.24, 2.45) is 0 Å². The Morgan fingerprint density at radius 3 is 2.70 bits per heavy atom. The van der Waals surface area contributed by atoms with Crippen molar-refractivity contribution in [3.63, 3.8) is 0 Å². The van der Waals surface area contributed by atoms with Crippen molar-refractivity contribution in [2.45, 2.75) is 6.54 Å². The Morgan fingerprint density at radius 1 is 1.07 bits per heavy atom. The molecule has 3 aromatic carbocycles. The van der Waals surface area contributed by atoms with Crippen LogP contribution in [0, 0.1) is 0 Å². The van der Waals surface area contributed by atoms with E-state index >= 15 is 0 Å². The molecule has 6 heteroatoms. The number of carbonyl (C=O) groups excluding carboxylic acids is 2. The molecule has 3 aromatic rings. The minimum Gasteiger partial charge on any atom is -0.489 e. The summed E-state index contributed by atoms with van der Waals surface area (Å²) in [7, 11) is 0. The predicted molar refractivity (Wildman–Crippen MR) is 125 cm³/mol. The van der Waals surface area contributed by atoms with Crippen molar-refractivity contribution < 1.29 is 14.3 Å². The number of nitrogens with zero attached hydrogens (tertiary/aromatic N) is 1. The normalized spacial score (nSPS) is 15.2. The Morgan fingerprint density at radius 2 is 1.87 bits per heavy atom. The van der Waals surface area contributed by atoms with Gasteiger partial charge in [0.15, 0.2) is 0 Å². The van der Waals surface area contributed by atoms with Gasteiger partial charge in [-0.15, -0.1) is 0 Å². The number of hydrogen-bond donors (Lipinski definition) is 0. The van der Waals surface area contributed by atoms with Gasteiger partial charge in [0.25, 0.3) is 11.1 Å². The predicted octanol–water partition coefficient (Wildman–Crippen LogP) is 6.40. The molecular weight excluding hydrogens is 462 g/mol. The summed E-state index contributed by atoms with van der Waals surface area (Å²) in [6.45, 7) is 4.25. The lowest BCUT2D eigenvalue weighted by molar-refractivity contribution is -0.123. The first-order valence-electron chi connectivity index (χ1n) is 9.32. The van der Waals surface area contributed by atoms with Crippen molar-refractivity contribution in [1.29, 1.82) is 0 Å². The molecule has 0 saturated carbocycles. The van der Waals surface area contributed by atoms with Gasteiger partial charge in [-0.2, -0.15) is 0 Å². The Labute approximate surface area is 187 Å². The third-order valence-corrected chi connectivity index (χ3v) is 6.10. The van der Waals surface area contributed by atoms with Crippen LogP contribution in [-0.2, 0) is 11.3 Å². The lowest BCUT2D eigenvalue weighted by Gasteiger charge is -2.14. The van der Waals surface area contributed by atoms with Gasteiger partial charge in [0, 0.05) is 10.0 Å². The van der Waals surface area contributed by atoms with E-state index < -0.39 is 0 Å². The first-order chi connectivity index (χ1) is 14.6. The number of thioether (sulfide) groups is 1. The van der Waals surface area contributed by atoms with Crippen LogP contribution in [0.1, 0.15) is 11.1 Å². The van der Waals surface area contributed by atoms with E-state index in [9.17, 15) is 9.59 Å². The third kappa shape index (κ3) is 4.20. The maximum atomic E-state index is 13.0. The quantitative estimate of drug-likeness (QED) is 0.303. The van der Waals surface area contributed by atoms with Gasteiger partial charge in [-0.3, -0.25) is 14.5 Å². The number of fused-ring (bicyclic) bond motifs is 1. The number of benzene rings is 3. The van der Waals surface area contributed by atoms with Crippen molar-refractivity contribution in [3.8, 4) is 5.75 Å². The van der Waals surface area contributed by atoms with Gasteiger partial charge < -0.3 is 4.74 Å². The van der Waals surface area contributed by atoms with E-state index in [0.29, 0.717) is 17.3 Å². The molecule has 150 valence electrons. The first kappa shape index (κ1) is 20.4. The largest absolute Gasteiger partial charge is 0.489 e. The molecule has 0 aliphatic carbocycles. The standard InChI is InChI=1S/C24H18BrNO3S/c1-2-12-29-21-11-10-19(25)13-18(21)14-22-23(27)26(24(28)30-22)15-17-8-5-7-16-6-3-4-9-20(16)17/h2-11,13-14H,1,12,15H2/b22-14+. The summed E-state index contributed by atoms with van der Waals surface area (Å²) in [5.74, 6) is 0.325. The minimum atomic E-state index is -0.299. The summed E-state index contributed by atoms with van der Waals surface area (Å²) < 4.78 is 6.54. The molecule has 1 heterocycles. The van der Waals surface area contributed by atoms with Crippen molar-refractivity contribution in [2.75, 3.05) is 6.61 Å². The molecule has 30 heavy (non-hydrogen) atoms. The average Bonchev–Trinajstić information content (AvgIpc) is 3.01. The topological polar surface area (TPSA) is 46.6 Å². The van der Waals surface area contributed by atoms with Gasteiger partial charge in [-0.25, -0.2) is 0 Å². The summed E-state index contributed by atoms with van der Waals surface area (Å²) in [6, 6.07) is 19.4. The van der Waals surface area contributed by atoms with Crippen LogP contribution in [0.2, 0.25) is 0 Å². The number of amides is 2. The molecule has 0 N–H and O–H groups in total. The number of carbonyl (C=O) groups is 2. The fourth-order valence-corrected chi connectivity index (χ4v) is 4.50. The van der Waals surface area contributed by atoms with Gasteiger partial charge in [0.05, 0.1) is 11.4 Å². The van der Waals surface area contributed by atoms with E-state index in [1.165, 1.54) is 4.90 Å². The highest BCUT2D eigenvalue weighted by molar-refractivity contribution is 9.10. The monoisotopic (exact) mass is 479 g/mol. The van der Waals surface area contributed by atoms with Crippen molar-refractivity contribution >= 4 is 55.7 Å². The highest BCUT2D eigenvalue weighted by Gasteiger charge is 2.35. The Bertz CT molecular complexity index is 1180. The summed E-state index contributed by atoms with van der Waals surface area (Å²) in [4.78, 5) is 27.3. The molecule has 2 amide bonds. The number of halogens is 1. The molecule has 1 aliphatic heterocycles. The van der Waals surface area contributed by atoms with Crippen LogP contribution in [0.4, 0.5) is 4.79 Å². The Kier molecular flexibility index (Phi) is 6.06. The molecule has 1 saturated heterocycles. The smallest absolute Gasteiger partial charge is 0.293 e. The number of rotatable bonds is 6. The molecule has 4 nitrogen and oxygen atoms in total. The third-order valence-electron chi connectivity index (χ3n) is 4.70. The van der Waals surface area contributed by atoms with Crippen LogP contribution >= 0.6 is 27.7 Å². The van der Waals surface area contributed by atoms with Gasteiger partial charge in [-0.1, -0.05) is 71.0 Å². The molecule has 1 aliphatic rings. The van der Waals surface area contributed by atoms with Crippen LogP contribution in [0.3, 0.4) is 0 Å². The second kappa shape index (κ2) is 8.90. The van der Waals surface area contributed by atoms with E-state index in [4.69, 9.17) is 4.74 Å².